The Morgan fingerprint density at radius 3 is 2.89 bits per heavy atom. The molecule has 1 atom stereocenters. The van der Waals surface area contributed by atoms with Gasteiger partial charge in [-0.05, 0) is 30.0 Å². The predicted molar refractivity (Wildman–Crippen MR) is 76.1 cm³/mol. The van der Waals surface area contributed by atoms with Crippen LogP contribution in [0.25, 0.3) is 0 Å². The lowest BCUT2D eigenvalue weighted by molar-refractivity contribution is 0.773. The van der Waals surface area contributed by atoms with Gasteiger partial charge < -0.3 is 5.32 Å². The van der Waals surface area contributed by atoms with Crippen LogP contribution in [0.1, 0.15) is 23.6 Å². The number of hydrogen-bond donors (Lipinski definition) is 1. The van der Waals surface area contributed by atoms with E-state index in [4.69, 9.17) is 11.6 Å². The zero-order valence-electron chi connectivity index (χ0n) is 10.2. The molecule has 1 aromatic heterocycles. The summed E-state index contributed by atoms with van der Waals surface area (Å²) in [5.41, 5.74) is 3.10. The van der Waals surface area contributed by atoms with Gasteiger partial charge in [0.1, 0.15) is 5.82 Å². The molecule has 3 nitrogen and oxygen atoms in total. The maximum atomic E-state index is 5.98. The van der Waals surface area contributed by atoms with Crippen LogP contribution in [-0.4, -0.2) is 16.5 Å². The summed E-state index contributed by atoms with van der Waals surface area (Å²) < 4.78 is 0. The van der Waals surface area contributed by atoms with Crippen molar-refractivity contribution in [2.75, 3.05) is 11.9 Å². The van der Waals surface area contributed by atoms with E-state index in [2.05, 4.69) is 35.0 Å². The number of anilines is 1. The minimum atomic E-state index is 0.210. The van der Waals surface area contributed by atoms with Crippen LogP contribution in [0.3, 0.4) is 0 Å². The van der Waals surface area contributed by atoms with Gasteiger partial charge >= 0.3 is 0 Å². The van der Waals surface area contributed by atoms with Gasteiger partial charge in [0.2, 0.25) is 5.28 Å². The Labute approximate surface area is 112 Å². The zero-order chi connectivity index (χ0) is 13.1. The van der Waals surface area contributed by atoms with Gasteiger partial charge in [0.15, 0.2) is 0 Å². The summed E-state index contributed by atoms with van der Waals surface area (Å²) in [6, 6.07) is 0. The molecule has 1 unspecified atom stereocenters. The van der Waals surface area contributed by atoms with Gasteiger partial charge in [-0.25, -0.2) is 9.97 Å². The maximum absolute atomic E-state index is 5.98. The van der Waals surface area contributed by atoms with E-state index in [1.54, 1.807) is 12.2 Å². The first kappa shape index (κ1) is 12.8. The molecule has 1 N–H and O–H groups in total. The van der Waals surface area contributed by atoms with E-state index >= 15 is 0 Å². The van der Waals surface area contributed by atoms with E-state index in [1.807, 2.05) is 0 Å². The van der Waals surface area contributed by atoms with Crippen molar-refractivity contribution in [3.8, 4) is 0 Å². The van der Waals surface area contributed by atoms with Gasteiger partial charge in [0.25, 0.3) is 0 Å². The van der Waals surface area contributed by atoms with Crippen LogP contribution in [0, 0.1) is 0 Å². The Kier molecular flexibility index (Phi) is 3.82. The lowest BCUT2D eigenvalue weighted by Gasteiger charge is -2.12. The van der Waals surface area contributed by atoms with Crippen LogP contribution in [-0.2, 0) is 6.42 Å². The highest BCUT2D eigenvalue weighted by atomic mass is 35.5. The van der Waals surface area contributed by atoms with Gasteiger partial charge in [0.05, 0.1) is 5.69 Å². The molecule has 0 amide bonds. The number of allylic oxidation sites excluding steroid dienone is 2. The molecule has 1 heterocycles. The number of hydrogen-bond acceptors (Lipinski definition) is 3. The molecule has 94 valence electrons. The summed E-state index contributed by atoms with van der Waals surface area (Å²) in [6.45, 7) is 12.1. The Morgan fingerprint density at radius 2 is 2.22 bits per heavy atom. The summed E-state index contributed by atoms with van der Waals surface area (Å²) in [4.78, 5) is 8.59. The van der Waals surface area contributed by atoms with E-state index in [-0.39, 0.29) is 11.2 Å². The number of fused-ring (bicyclic) bond motifs is 1. The van der Waals surface area contributed by atoms with Crippen molar-refractivity contribution in [1.82, 2.24) is 9.97 Å². The van der Waals surface area contributed by atoms with Crippen molar-refractivity contribution in [3.63, 3.8) is 0 Å². The molecule has 0 bridgehead atoms. The summed E-state index contributed by atoms with van der Waals surface area (Å²) in [6.07, 6.45) is 5.49. The molecule has 0 radical (unpaired) electrons. The first-order valence-electron chi connectivity index (χ1n) is 5.89. The van der Waals surface area contributed by atoms with Crippen molar-refractivity contribution in [1.29, 1.82) is 0 Å². The predicted octanol–water partition coefficient (Wildman–Crippen LogP) is 3.50. The van der Waals surface area contributed by atoms with Crippen LogP contribution in [0.4, 0.5) is 5.82 Å². The summed E-state index contributed by atoms with van der Waals surface area (Å²) in [5, 5.41) is 3.47. The lowest BCUT2D eigenvalue weighted by Crippen LogP contribution is -2.07. The molecule has 4 heteroatoms. The summed E-state index contributed by atoms with van der Waals surface area (Å²) in [7, 11) is 0. The lowest BCUT2D eigenvalue weighted by atomic mass is 9.98. The Bertz CT molecular complexity index is 508. The van der Waals surface area contributed by atoms with Gasteiger partial charge in [-0.2, -0.15) is 0 Å². The molecule has 0 aliphatic heterocycles. The first-order chi connectivity index (χ1) is 8.67. The van der Waals surface area contributed by atoms with Crippen molar-refractivity contribution in [3.05, 3.63) is 54.0 Å². The Hall–Kier alpha value is -1.61. The van der Waals surface area contributed by atoms with Gasteiger partial charge in [0, 0.05) is 18.0 Å². The van der Waals surface area contributed by atoms with Gasteiger partial charge in [-0.1, -0.05) is 25.3 Å². The van der Waals surface area contributed by atoms with E-state index in [9.17, 15) is 0 Å². The summed E-state index contributed by atoms with van der Waals surface area (Å²) >= 11 is 5.98. The zero-order valence-corrected chi connectivity index (χ0v) is 11.0. The molecule has 18 heavy (non-hydrogen) atoms. The molecule has 0 saturated carbocycles. The van der Waals surface area contributed by atoms with Crippen molar-refractivity contribution in [2.45, 2.75) is 18.8 Å². The Balaban J connectivity index is 2.40. The van der Waals surface area contributed by atoms with Crippen LogP contribution >= 0.6 is 11.6 Å². The molecular weight excluding hydrogens is 246 g/mol. The number of rotatable bonds is 5. The molecule has 0 fully saturated rings. The monoisotopic (exact) mass is 261 g/mol. The second-order valence-electron chi connectivity index (χ2n) is 4.24. The van der Waals surface area contributed by atoms with Gasteiger partial charge in [-0.3, -0.25) is 0 Å². The molecule has 1 aliphatic rings. The van der Waals surface area contributed by atoms with E-state index in [1.165, 1.54) is 0 Å². The average Bonchev–Trinajstić information content (AvgIpc) is 2.78. The highest BCUT2D eigenvalue weighted by Crippen LogP contribution is 2.39. The fourth-order valence-corrected chi connectivity index (χ4v) is 2.43. The van der Waals surface area contributed by atoms with Crippen LogP contribution < -0.4 is 5.32 Å². The number of nitrogens with one attached hydrogen (secondary N) is 1. The fraction of sp³-hybridized carbons (Fsp3) is 0.286. The third-order valence-corrected chi connectivity index (χ3v) is 3.32. The molecule has 0 aromatic carbocycles. The second-order valence-corrected chi connectivity index (χ2v) is 4.58. The minimum absolute atomic E-state index is 0.210. The quantitative estimate of drug-likeness (QED) is 0.501. The van der Waals surface area contributed by atoms with Crippen LogP contribution in [0.5, 0.6) is 0 Å². The Morgan fingerprint density at radius 1 is 1.44 bits per heavy atom. The highest BCUT2D eigenvalue weighted by molar-refractivity contribution is 6.28. The number of aromatic nitrogens is 2. The topological polar surface area (TPSA) is 37.8 Å². The third kappa shape index (κ3) is 2.31. The SMILES string of the molecule is C=CCNc1nc(Cl)nc2c1CCC2C(=C)C=C. The molecule has 1 aliphatic carbocycles. The molecule has 2 rings (SSSR count). The van der Waals surface area contributed by atoms with Crippen LogP contribution in [0.15, 0.2) is 37.5 Å². The minimum Gasteiger partial charge on any atom is -0.366 e. The smallest absolute Gasteiger partial charge is 0.224 e. The van der Waals surface area contributed by atoms with Crippen molar-refractivity contribution < 1.29 is 0 Å². The largest absolute Gasteiger partial charge is 0.366 e. The third-order valence-electron chi connectivity index (χ3n) is 3.15. The molecule has 0 saturated heterocycles. The molecule has 1 aromatic rings. The molecule has 0 spiro atoms. The number of halogens is 1. The van der Waals surface area contributed by atoms with E-state index in [0.29, 0.717) is 6.54 Å². The maximum Gasteiger partial charge on any atom is 0.224 e. The van der Waals surface area contributed by atoms with Gasteiger partial charge in [-0.15, -0.1) is 6.58 Å². The van der Waals surface area contributed by atoms with Crippen molar-refractivity contribution >= 4 is 17.4 Å². The molecular formula is C14H16ClN3. The standard InChI is InChI=1S/C14H16ClN3/c1-4-8-16-13-11-7-6-10(9(3)5-2)12(11)17-14(15)18-13/h4-5,10H,1-3,6-8H2,(H,16,17,18). The van der Waals surface area contributed by atoms with Crippen LogP contribution in [0.2, 0.25) is 5.28 Å². The number of nitrogens with zero attached hydrogens (tertiary/aromatic N) is 2. The van der Waals surface area contributed by atoms with E-state index in [0.717, 1.165) is 35.5 Å². The summed E-state index contributed by atoms with van der Waals surface area (Å²) in [5.74, 6) is 1.02. The fourth-order valence-electron chi connectivity index (χ4n) is 2.25. The first-order valence-corrected chi connectivity index (χ1v) is 6.27. The normalized spacial score (nSPS) is 17.1. The average molecular weight is 262 g/mol. The van der Waals surface area contributed by atoms with E-state index < -0.39 is 0 Å². The second kappa shape index (κ2) is 5.36. The van der Waals surface area contributed by atoms with Crippen molar-refractivity contribution in [2.24, 2.45) is 0 Å². The highest BCUT2D eigenvalue weighted by Gasteiger charge is 2.28.